The molecule has 0 aromatic carbocycles. The molecule has 1 heteroatoms. The van der Waals surface area contributed by atoms with Crippen LogP contribution in [0.15, 0.2) is 11.6 Å². The first kappa shape index (κ1) is 15.0. The maximum Gasteiger partial charge on any atom is 0.133 e. The van der Waals surface area contributed by atoms with Crippen molar-refractivity contribution in [3.05, 3.63) is 11.6 Å². The molecule has 0 N–H and O–H groups in total. The first-order valence-electron chi connectivity index (χ1n) is 9.66. The molecule has 1 nitrogen and oxygen atoms in total. The summed E-state index contributed by atoms with van der Waals surface area (Å²) in [6, 6.07) is 0. The van der Waals surface area contributed by atoms with Crippen molar-refractivity contribution >= 4 is 5.78 Å². The molecule has 0 aromatic rings. The molecule has 0 heterocycles. The van der Waals surface area contributed by atoms with Gasteiger partial charge in [0.1, 0.15) is 5.78 Å². The van der Waals surface area contributed by atoms with Crippen molar-refractivity contribution < 1.29 is 4.79 Å². The van der Waals surface area contributed by atoms with Crippen molar-refractivity contribution in [2.45, 2.75) is 78.6 Å². The summed E-state index contributed by atoms with van der Waals surface area (Å²) in [6.07, 6.45) is 13.7. The number of Topliss-reactive ketones (excluding diaryl/α,β-unsaturated/α-hetero) is 1. The van der Waals surface area contributed by atoms with Gasteiger partial charge in [-0.3, -0.25) is 4.79 Å². The zero-order valence-electron chi connectivity index (χ0n) is 14.7. The number of carbonyl (C=O) groups excluding carboxylic acids is 1. The molecule has 4 unspecified atom stereocenters. The Labute approximate surface area is 135 Å². The lowest BCUT2D eigenvalue weighted by molar-refractivity contribution is -0.136. The van der Waals surface area contributed by atoms with Gasteiger partial charge in [-0.2, -0.15) is 0 Å². The zero-order valence-corrected chi connectivity index (χ0v) is 14.7. The predicted molar refractivity (Wildman–Crippen MR) is 90.5 cm³/mol. The summed E-state index contributed by atoms with van der Waals surface area (Å²) in [4.78, 5) is 11.9. The fraction of sp³-hybridized carbons (Fsp3) is 0.857. The highest BCUT2D eigenvalue weighted by atomic mass is 16.1. The number of carbonyl (C=O) groups is 1. The molecule has 0 aliphatic heterocycles. The molecule has 4 fully saturated rings. The Kier molecular flexibility index (Phi) is 3.37. The van der Waals surface area contributed by atoms with Crippen LogP contribution >= 0.6 is 0 Å². The highest BCUT2D eigenvalue weighted by Crippen LogP contribution is 2.67. The van der Waals surface area contributed by atoms with Gasteiger partial charge in [0.2, 0.25) is 0 Å². The Balaban J connectivity index is 1.65. The van der Waals surface area contributed by atoms with Gasteiger partial charge in [-0.15, -0.1) is 0 Å². The second-order valence-corrected chi connectivity index (χ2v) is 9.21. The van der Waals surface area contributed by atoms with Gasteiger partial charge in [-0.05, 0) is 86.4 Å². The molecule has 0 saturated heterocycles. The van der Waals surface area contributed by atoms with E-state index in [9.17, 15) is 4.79 Å². The fourth-order valence-corrected chi connectivity index (χ4v) is 7.37. The van der Waals surface area contributed by atoms with E-state index in [2.05, 4.69) is 26.8 Å². The summed E-state index contributed by atoms with van der Waals surface area (Å²) in [5.41, 5.74) is 2.72. The van der Waals surface area contributed by atoms with Crippen LogP contribution in [-0.2, 0) is 4.79 Å². The SMILES string of the molecule is CC=C1CCC2C3CCC4CC(=O)CC[C@]4(C)C3CC[C@]12C. The van der Waals surface area contributed by atoms with Crippen molar-refractivity contribution in [2.75, 3.05) is 0 Å². The molecule has 4 aliphatic carbocycles. The topological polar surface area (TPSA) is 17.1 Å². The first-order chi connectivity index (χ1) is 10.5. The summed E-state index contributed by atoms with van der Waals surface area (Å²) in [5.74, 6) is 3.99. The predicted octanol–water partition coefficient (Wildman–Crippen LogP) is 5.54. The molecule has 4 rings (SSSR count). The minimum absolute atomic E-state index is 0.469. The number of ketones is 1. The van der Waals surface area contributed by atoms with Gasteiger partial charge in [-0.25, -0.2) is 0 Å². The molecule has 0 spiro atoms. The number of allylic oxidation sites excluding steroid dienone is 2. The van der Waals surface area contributed by atoms with Crippen LogP contribution in [0.3, 0.4) is 0 Å². The van der Waals surface area contributed by atoms with Gasteiger partial charge >= 0.3 is 0 Å². The van der Waals surface area contributed by atoms with Crippen LogP contribution in [0.1, 0.15) is 78.6 Å². The van der Waals surface area contributed by atoms with E-state index in [-0.39, 0.29) is 0 Å². The molecular formula is C21H32O. The normalized spacial score (nSPS) is 53.0. The van der Waals surface area contributed by atoms with Crippen LogP contribution in [0, 0.1) is 34.5 Å². The van der Waals surface area contributed by atoms with Crippen molar-refractivity contribution in [1.29, 1.82) is 0 Å². The molecule has 22 heavy (non-hydrogen) atoms. The molecule has 4 aliphatic rings. The minimum Gasteiger partial charge on any atom is -0.300 e. The standard InChI is InChI=1S/C21H32O/c1-4-14-6-8-18-17-7-5-15-13-16(22)9-11-21(15,3)19(17)10-12-20(14,18)2/h4,15,17-19H,5-13H2,1-3H3/t15?,17?,18?,19?,20-,21+/m1/s1. The highest BCUT2D eigenvalue weighted by Gasteiger charge is 2.58. The van der Waals surface area contributed by atoms with Crippen molar-refractivity contribution in [1.82, 2.24) is 0 Å². The smallest absolute Gasteiger partial charge is 0.133 e. The lowest BCUT2D eigenvalue weighted by Crippen LogP contribution is -2.52. The zero-order chi connectivity index (χ0) is 15.5. The highest BCUT2D eigenvalue weighted by molar-refractivity contribution is 5.79. The second kappa shape index (κ2) is 4.95. The average molecular weight is 300 g/mol. The average Bonchev–Trinajstić information content (AvgIpc) is 2.84. The Morgan fingerprint density at radius 1 is 1.00 bits per heavy atom. The van der Waals surface area contributed by atoms with Crippen molar-refractivity contribution in [2.24, 2.45) is 34.5 Å². The Morgan fingerprint density at radius 3 is 2.59 bits per heavy atom. The molecule has 0 radical (unpaired) electrons. The third-order valence-corrected chi connectivity index (χ3v) is 8.68. The fourth-order valence-electron chi connectivity index (χ4n) is 7.37. The summed E-state index contributed by atoms with van der Waals surface area (Å²) >= 11 is 0. The van der Waals surface area contributed by atoms with Crippen LogP contribution in [0.4, 0.5) is 0 Å². The van der Waals surface area contributed by atoms with Gasteiger partial charge in [0.25, 0.3) is 0 Å². The van der Waals surface area contributed by atoms with Crippen molar-refractivity contribution in [3.63, 3.8) is 0 Å². The van der Waals surface area contributed by atoms with Crippen LogP contribution in [0.2, 0.25) is 0 Å². The Hall–Kier alpha value is -0.590. The molecule has 4 saturated carbocycles. The number of rotatable bonds is 0. The number of hydrogen-bond acceptors (Lipinski definition) is 1. The van der Waals surface area contributed by atoms with Gasteiger partial charge in [0.05, 0.1) is 0 Å². The number of hydrogen-bond donors (Lipinski definition) is 0. The van der Waals surface area contributed by atoms with E-state index in [1.807, 2.05) is 0 Å². The summed E-state index contributed by atoms with van der Waals surface area (Å²) in [7, 11) is 0. The molecule has 0 bridgehead atoms. The third-order valence-electron chi connectivity index (χ3n) is 8.68. The van der Waals surface area contributed by atoms with Crippen LogP contribution in [0.25, 0.3) is 0 Å². The minimum atomic E-state index is 0.469. The maximum atomic E-state index is 11.9. The summed E-state index contributed by atoms with van der Waals surface area (Å²) in [5, 5.41) is 0. The summed E-state index contributed by atoms with van der Waals surface area (Å²) < 4.78 is 0. The van der Waals surface area contributed by atoms with Gasteiger partial charge in [-0.1, -0.05) is 25.5 Å². The number of fused-ring (bicyclic) bond motifs is 5. The van der Waals surface area contributed by atoms with E-state index in [1.54, 1.807) is 5.57 Å². The first-order valence-corrected chi connectivity index (χ1v) is 9.66. The van der Waals surface area contributed by atoms with Crippen LogP contribution in [-0.4, -0.2) is 5.78 Å². The van der Waals surface area contributed by atoms with Gasteiger partial charge < -0.3 is 0 Å². The van der Waals surface area contributed by atoms with E-state index < -0.39 is 0 Å². The van der Waals surface area contributed by atoms with Crippen LogP contribution in [0.5, 0.6) is 0 Å². The largest absolute Gasteiger partial charge is 0.300 e. The maximum absolute atomic E-state index is 11.9. The lowest BCUT2D eigenvalue weighted by Gasteiger charge is -2.59. The molecule has 122 valence electrons. The van der Waals surface area contributed by atoms with Crippen LogP contribution < -0.4 is 0 Å². The lowest BCUT2D eigenvalue weighted by atomic mass is 9.45. The molecule has 6 atom stereocenters. The molecular weight excluding hydrogens is 268 g/mol. The monoisotopic (exact) mass is 300 g/mol. The van der Waals surface area contributed by atoms with E-state index in [1.165, 1.54) is 44.9 Å². The Morgan fingerprint density at radius 2 is 1.82 bits per heavy atom. The second-order valence-electron chi connectivity index (χ2n) is 9.21. The van der Waals surface area contributed by atoms with Gasteiger partial charge in [0.15, 0.2) is 0 Å². The van der Waals surface area contributed by atoms with E-state index in [4.69, 9.17) is 0 Å². The molecule has 0 amide bonds. The quantitative estimate of drug-likeness (QED) is 0.536. The molecule has 0 aromatic heterocycles. The van der Waals surface area contributed by atoms with Crippen molar-refractivity contribution in [3.8, 4) is 0 Å². The van der Waals surface area contributed by atoms with Gasteiger partial charge in [0, 0.05) is 12.8 Å². The van der Waals surface area contributed by atoms with E-state index in [0.717, 1.165) is 30.6 Å². The van der Waals surface area contributed by atoms with E-state index in [0.29, 0.717) is 22.5 Å². The Bertz CT molecular complexity index is 518. The summed E-state index contributed by atoms with van der Waals surface area (Å²) in [6.45, 7) is 7.37. The third kappa shape index (κ3) is 1.86. The van der Waals surface area contributed by atoms with E-state index >= 15 is 0 Å².